The molecule has 26 heavy (non-hydrogen) atoms. The van der Waals surface area contributed by atoms with Crippen molar-refractivity contribution in [2.75, 3.05) is 19.7 Å². The zero-order chi connectivity index (χ0) is 19.5. The molecule has 0 atom stereocenters. The summed E-state index contributed by atoms with van der Waals surface area (Å²) in [5, 5.41) is -0.0554. The van der Waals surface area contributed by atoms with Gasteiger partial charge in [-0.25, -0.2) is 14.6 Å². The highest BCUT2D eigenvalue weighted by atomic mass is 35.5. The fourth-order valence-electron chi connectivity index (χ4n) is 2.89. The lowest BCUT2D eigenvalue weighted by Gasteiger charge is -2.34. The first-order valence-electron chi connectivity index (χ1n) is 8.55. The maximum Gasteiger partial charge on any atom is 0.410 e. The molecule has 0 saturated carbocycles. The van der Waals surface area contributed by atoms with E-state index in [2.05, 4.69) is 4.98 Å². The van der Waals surface area contributed by atoms with Gasteiger partial charge in [0, 0.05) is 19.1 Å². The molecule has 1 saturated heterocycles. The molecule has 0 bridgehead atoms. The van der Waals surface area contributed by atoms with Crippen LogP contribution < -0.4 is 0 Å². The van der Waals surface area contributed by atoms with E-state index < -0.39 is 11.6 Å². The fraction of sp³-hybridized carbons (Fsp3) is 0.647. The molecular formula is C17H24ClN3O5. The van der Waals surface area contributed by atoms with Crippen molar-refractivity contribution in [1.82, 2.24) is 14.5 Å². The summed E-state index contributed by atoms with van der Waals surface area (Å²) in [5.41, 5.74) is -0.487. The van der Waals surface area contributed by atoms with Crippen LogP contribution in [0.4, 0.5) is 4.79 Å². The average Bonchev–Trinajstić information content (AvgIpc) is 2.90. The molecule has 144 valence electrons. The maximum absolute atomic E-state index is 12.2. The number of piperidine rings is 1. The molecule has 0 radical (unpaired) electrons. The Labute approximate surface area is 157 Å². The topological polar surface area (TPSA) is 90.7 Å². The zero-order valence-corrected chi connectivity index (χ0v) is 16.2. The Hall–Kier alpha value is -2.09. The first kappa shape index (κ1) is 20.2. The van der Waals surface area contributed by atoms with Crippen molar-refractivity contribution in [3.8, 4) is 0 Å². The third-order valence-corrected chi connectivity index (χ3v) is 4.21. The summed E-state index contributed by atoms with van der Waals surface area (Å²) in [6.45, 7) is 8.19. The molecule has 1 aliphatic heterocycles. The molecule has 0 aromatic carbocycles. The third-order valence-electron chi connectivity index (χ3n) is 3.95. The van der Waals surface area contributed by atoms with Gasteiger partial charge in [0.05, 0.1) is 6.61 Å². The van der Waals surface area contributed by atoms with Crippen molar-refractivity contribution in [1.29, 1.82) is 0 Å². The summed E-state index contributed by atoms with van der Waals surface area (Å²) in [5.74, 6) is -0.540. The van der Waals surface area contributed by atoms with Crippen LogP contribution in [0.5, 0.6) is 0 Å². The van der Waals surface area contributed by atoms with E-state index in [1.807, 2.05) is 20.8 Å². The van der Waals surface area contributed by atoms with Crippen LogP contribution in [0.1, 0.15) is 67.7 Å². The number of imidazole rings is 1. The minimum absolute atomic E-state index is 0.0554. The Morgan fingerprint density at radius 2 is 1.92 bits per heavy atom. The first-order valence-corrected chi connectivity index (χ1v) is 8.93. The van der Waals surface area contributed by atoms with E-state index in [9.17, 15) is 14.4 Å². The van der Waals surface area contributed by atoms with Crippen molar-refractivity contribution in [3.63, 3.8) is 0 Å². The zero-order valence-electron chi connectivity index (χ0n) is 15.5. The van der Waals surface area contributed by atoms with Gasteiger partial charge >= 0.3 is 12.1 Å². The van der Waals surface area contributed by atoms with Crippen LogP contribution in [-0.4, -0.2) is 58.1 Å². The average molecular weight is 386 g/mol. The molecular weight excluding hydrogens is 362 g/mol. The molecule has 2 rings (SSSR count). The first-order chi connectivity index (χ1) is 12.2. The lowest BCUT2D eigenvalue weighted by Crippen LogP contribution is -2.42. The molecule has 2 heterocycles. The van der Waals surface area contributed by atoms with Crippen LogP contribution in [0.25, 0.3) is 0 Å². The minimum Gasteiger partial charge on any atom is -0.461 e. The van der Waals surface area contributed by atoms with E-state index in [0.717, 1.165) is 0 Å². The normalized spacial score (nSPS) is 15.7. The number of likely N-dealkylation sites (tertiary alicyclic amines) is 1. The molecule has 8 nitrogen and oxygen atoms in total. The van der Waals surface area contributed by atoms with E-state index in [1.165, 1.54) is 4.57 Å². The van der Waals surface area contributed by atoms with Gasteiger partial charge in [-0.3, -0.25) is 4.79 Å². The summed E-state index contributed by atoms with van der Waals surface area (Å²) >= 11 is 6.05. The van der Waals surface area contributed by atoms with Gasteiger partial charge in [-0.2, -0.15) is 0 Å². The Balaban J connectivity index is 2.17. The Morgan fingerprint density at radius 3 is 2.42 bits per heavy atom. The van der Waals surface area contributed by atoms with Crippen LogP contribution in [0.3, 0.4) is 0 Å². The van der Waals surface area contributed by atoms with Gasteiger partial charge in [0.2, 0.25) is 0 Å². The summed E-state index contributed by atoms with van der Waals surface area (Å²) in [6.07, 6.45) is 1.27. The van der Waals surface area contributed by atoms with Crippen LogP contribution in [0.2, 0.25) is 5.15 Å². The van der Waals surface area contributed by atoms with E-state index in [4.69, 9.17) is 21.1 Å². The second-order valence-corrected chi connectivity index (χ2v) is 7.37. The molecule has 0 unspecified atom stereocenters. The quantitative estimate of drug-likeness (QED) is 0.584. The van der Waals surface area contributed by atoms with Crippen LogP contribution in [-0.2, 0) is 9.47 Å². The number of esters is 1. The van der Waals surface area contributed by atoms with Gasteiger partial charge in [-0.15, -0.1) is 0 Å². The summed E-state index contributed by atoms with van der Waals surface area (Å²) in [6, 6.07) is -0.187. The largest absolute Gasteiger partial charge is 0.461 e. The van der Waals surface area contributed by atoms with Crippen LogP contribution >= 0.6 is 11.6 Å². The van der Waals surface area contributed by atoms with E-state index in [0.29, 0.717) is 32.2 Å². The molecule has 0 spiro atoms. The molecule has 0 aliphatic carbocycles. The van der Waals surface area contributed by atoms with E-state index in [-0.39, 0.29) is 35.4 Å². The van der Waals surface area contributed by atoms with Gasteiger partial charge in [-0.05, 0) is 40.5 Å². The second kappa shape index (κ2) is 8.07. The number of rotatable bonds is 4. The van der Waals surface area contributed by atoms with Gasteiger partial charge in [0.25, 0.3) is 0 Å². The van der Waals surface area contributed by atoms with E-state index >= 15 is 0 Å². The van der Waals surface area contributed by atoms with Crippen LogP contribution in [0, 0.1) is 0 Å². The second-order valence-electron chi connectivity index (χ2n) is 7.02. The number of ether oxygens (including phenoxy) is 2. The summed E-state index contributed by atoms with van der Waals surface area (Å²) in [4.78, 5) is 41.3. The summed E-state index contributed by atoms with van der Waals surface area (Å²) < 4.78 is 11.9. The molecule has 1 fully saturated rings. The third kappa shape index (κ3) is 4.55. The number of hydrogen-bond donors (Lipinski definition) is 0. The monoisotopic (exact) mass is 385 g/mol. The van der Waals surface area contributed by atoms with Crippen molar-refractivity contribution < 1.29 is 23.9 Å². The smallest absolute Gasteiger partial charge is 0.410 e. The number of aromatic nitrogens is 2. The van der Waals surface area contributed by atoms with Crippen molar-refractivity contribution in [2.45, 2.75) is 52.2 Å². The number of aldehydes is 1. The van der Waals surface area contributed by atoms with Crippen LogP contribution in [0.15, 0.2) is 0 Å². The predicted molar refractivity (Wildman–Crippen MR) is 94.7 cm³/mol. The molecule has 1 aromatic heterocycles. The number of halogens is 1. The summed E-state index contributed by atoms with van der Waals surface area (Å²) in [7, 11) is 0. The van der Waals surface area contributed by atoms with Gasteiger partial charge in [0.1, 0.15) is 5.60 Å². The fourth-order valence-corrected chi connectivity index (χ4v) is 3.14. The molecule has 9 heteroatoms. The van der Waals surface area contributed by atoms with Crippen molar-refractivity contribution >= 4 is 29.9 Å². The minimum atomic E-state index is -0.618. The molecule has 1 aromatic rings. The number of amides is 1. The Kier molecular flexibility index (Phi) is 6.28. The molecule has 0 N–H and O–H groups in total. The molecule has 1 aliphatic rings. The Morgan fingerprint density at radius 1 is 1.31 bits per heavy atom. The van der Waals surface area contributed by atoms with Gasteiger partial charge in [-0.1, -0.05) is 11.6 Å². The lowest BCUT2D eigenvalue weighted by atomic mass is 10.0. The number of carbonyl (C=O) groups is 3. The lowest BCUT2D eigenvalue weighted by molar-refractivity contribution is 0.0183. The molecule has 1 amide bonds. The number of carbonyl (C=O) groups excluding carboxylic acids is 3. The number of hydrogen-bond acceptors (Lipinski definition) is 6. The predicted octanol–water partition coefficient (Wildman–Crippen LogP) is 3.10. The van der Waals surface area contributed by atoms with E-state index in [1.54, 1.807) is 11.8 Å². The Bertz CT molecular complexity index is 687. The standard InChI is InChI=1S/C17H24ClN3O5/c1-5-25-15(23)13-14(18)19-12(10-22)21(13)11-6-8-20(9-7-11)16(24)26-17(2,3)4/h10-11H,5-9H2,1-4H3. The van der Waals surface area contributed by atoms with Gasteiger partial charge < -0.3 is 18.9 Å². The van der Waals surface area contributed by atoms with Gasteiger partial charge in [0.15, 0.2) is 23.0 Å². The van der Waals surface area contributed by atoms with Crippen molar-refractivity contribution in [2.24, 2.45) is 0 Å². The number of nitrogens with zero attached hydrogens (tertiary/aromatic N) is 3. The highest BCUT2D eigenvalue weighted by Crippen LogP contribution is 2.30. The highest BCUT2D eigenvalue weighted by molar-refractivity contribution is 6.32. The SMILES string of the molecule is CCOC(=O)c1c(Cl)nc(C=O)n1C1CCN(C(=O)OC(C)(C)C)CC1. The van der Waals surface area contributed by atoms with Crippen molar-refractivity contribution in [3.05, 3.63) is 16.7 Å². The maximum atomic E-state index is 12.2. The highest BCUT2D eigenvalue weighted by Gasteiger charge is 2.32.